The summed E-state index contributed by atoms with van der Waals surface area (Å²) in [5.41, 5.74) is 13.3. The Morgan fingerprint density at radius 1 is 0.750 bits per heavy atom. The summed E-state index contributed by atoms with van der Waals surface area (Å²) in [5, 5.41) is 22.6. The van der Waals surface area contributed by atoms with Crippen molar-refractivity contribution in [3.05, 3.63) is 131 Å². The van der Waals surface area contributed by atoms with Gasteiger partial charge in [-0.15, -0.1) is 0 Å². The van der Waals surface area contributed by atoms with Crippen LogP contribution in [0.3, 0.4) is 0 Å². The van der Waals surface area contributed by atoms with Crippen molar-refractivity contribution in [3.8, 4) is 5.75 Å². The molecule has 0 saturated carbocycles. The summed E-state index contributed by atoms with van der Waals surface area (Å²) in [6.45, 7) is 0.961. The normalized spacial score (nSPS) is 16.5. The first kappa shape index (κ1) is 37.7. The van der Waals surface area contributed by atoms with E-state index in [4.69, 9.17) is 16.2 Å². The van der Waals surface area contributed by atoms with Crippen LogP contribution in [0.2, 0.25) is 0 Å². The number of nitrogens with two attached hydrogens (primary N) is 2. The van der Waals surface area contributed by atoms with Crippen LogP contribution in [0.5, 0.6) is 5.75 Å². The van der Waals surface area contributed by atoms with E-state index in [1.807, 2.05) is 84.9 Å². The summed E-state index contributed by atoms with van der Waals surface area (Å²) in [4.78, 5) is 54.0. The van der Waals surface area contributed by atoms with Crippen LogP contribution in [-0.2, 0) is 44.4 Å². The lowest BCUT2D eigenvalue weighted by molar-refractivity contribution is -0.139. The second-order valence-corrected chi connectivity index (χ2v) is 12.9. The molecule has 4 amide bonds. The molecule has 5 rings (SSSR count). The number of nitrogens with one attached hydrogen (secondary N) is 4. The molecule has 272 valence electrons. The van der Waals surface area contributed by atoms with Crippen molar-refractivity contribution in [3.63, 3.8) is 0 Å². The highest BCUT2D eigenvalue weighted by Crippen LogP contribution is 2.39. The maximum Gasteiger partial charge on any atom is 0.261 e. The van der Waals surface area contributed by atoms with E-state index in [1.54, 1.807) is 24.3 Å². The van der Waals surface area contributed by atoms with Crippen LogP contribution in [0.15, 0.2) is 109 Å². The standard InChI is InChI=1S/C40H46N6O6/c41-22-10-9-17-34(44-36(47)32(42)23-27-18-20-30(21-19-27)52-26-29-13-5-2-6-14-29)38(49)45-35(37(48)43-25-28-11-3-1-4-12-28)24-40(51)31-15-7-8-16-33(31)46-39(40)50/h1-8,11-16,18-21,32,34-35,51H,9-10,17,22-26,41-42H2,(H,43,48)(H,44,47)(H,45,49)(H,46,50)/t32-,34-,35-,40+/m0/s1. The van der Waals surface area contributed by atoms with Crippen LogP contribution in [0.1, 0.15) is 47.9 Å². The zero-order valence-electron chi connectivity index (χ0n) is 28.9. The van der Waals surface area contributed by atoms with E-state index in [0.717, 1.165) is 16.7 Å². The third-order valence-corrected chi connectivity index (χ3v) is 8.98. The highest BCUT2D eigenvalue weighted by molar-refractivity contribution is 6.05. The average molecular weight is 707 g/mol. The highest BCUT2D eigenvalue weighted by atomic mass is 16.5. The number of unbranched alkanes of at least 4 members (excludes halogenated alkanes) is 1. The van der Waals surface area contributed by atoms with Crippen LogP contribution < -0.4 is 37.5 Å². The molecule has 1 aliphatic rings. The zero-order valence-corrected chi connectivity index (χ0v) is 28.9. The molecule has 0 saturated heterocycles. The van der Waals surface area contributed by atoms with E-state index in [9.17, 15) is 24.3 Å². The van der Waals surface area contributed by atoms with Crippen LogP contribution in [0, 0.1) is 0 Å². The maximum absolute atomic E-state index is 13.9. The molecule has 12 nitrogen and oxygen atoms in total. The minimum Gasteiger partial charge on any atom is -0.489 e. The molecule has 52 heavy (non-hydrogen) atoms. The Labute approximate surface area is 303 Å². The molecule has 4 aromatic rings. The fourth-order valence-electron chi connectivity index (χ4n) is 6.04. The number of para-hydroxylation sites is 1. The number of hydrogen-bond donors (Lipinski definition) is 7. The highest BCUT2D eigenvalue weighted by Gasteiger charge is 2.48. The maximum atomic E-state index is 13.9. The first-order valence-corrected chi connectivity index (χ1v) is 17.4. The van der Waals surface area contributed by atoms with Crippen LogP contribution in [0.25, 0.3) is 0 Å². The smallest absolute Gasteiger partial charge is 0.261 e. The lowest BCUT2D eigenvalue weighted by atomic mass is 9.87. The van der Waals surface area contributed by atoms with E-state index >= 15 is 0 Å². The van der Waals surface area contributed by atoms with Crippen molar-refractivity contribution in [2.75, 3.05) is 11.9 Å². The number of ether oxygens (including phenoxy) is 1. The van der Waals surface area contributed by atoms with E-state index in [-0.39, 0.29) is 19.4 Å². The van der Waals surface area contributed by atoms with Crippen molar-refractivity contribution in [2.45, 2.75) is 69.0 Å². The van der Waals surface area contributed by atoms with Gasteiger partial charge in [0.05, 0.1) is 6.04 Å². The van der Waals surface area contributed by atoms with Gasteiger partial charge in [0.1, 0.15) is 24.4 Å². The molecule has 0 radical (unpaired) electrons. The molecule has 0 aromatic heterocycles. The van der Waals surface area contributed by atoms with Gasteiger partial charge in [-0.3, -0.25) is 19.2 Å². The summed E-state index contributed by atoms with van der Waals surface area (Å²) in [5.74, 6) is -1.85. The SMILES string of the molecule is NCCCC[C@H](NC(=O)[C@@H](N)Cc1ccc(OCc2ccccc2)cc1)C(=O)N[C@@H](C[C@]1(O)C(=O)Nc2ccccc21)C(=O)NCc1ccccc1. The Kier molecular flexibility index (Phi) is 13.1. The van der Waals surface area contributed by atoms with Gasteiger partial charge in [0.15, 0.2) is 5.60 Å². The quantitative estimate of drug-likeness (QED) is 0.0767. The molecule has 0 aliphatic carbocycles. The number of anilines is 1. The number of benzene rings is 4. The molecule has 9 N–H and O–H groups in total. The third kappa shape index (κ3) is 10.0. The van der Waals surface area contributed by atoms with Crippen LogP contribution in [0.4, 0.5) is 5.69 Å². The Morgan fingerprint density at radius 3 is 2.08 bits per heavy atom. The molecular formula is C40H46N6O6. The Balaban J connectivity index is 1.26. The van der Waals surface area contributed by atoms with Crippen LogP contribution in [-0.4, -0.2) is 53.4 Å². The number of rotatable bonds is 18. The van der Waals surface area contributed by atoms with Gasteiger partial charge in [-0.1, -0.05) is 91.0 Å². The van der Waals surface area contributed by atoms with E-state index in [0.29, 0.717) is 43.0 Å². The predicted molar refractivity (Wildman–Crippen MR) is 198 cm³/mol. The Hall–Kier alpha value is -5.56. The first-order valence-electron chi connectivity index (χ1n) is 17.4. The van der Waals surface area contributed by atoms with Gasteiger partial charge < -0.3 is 42.6 Å². The van der Waals surface area contributed by atoms with Gasteiger partial charge in [0.2, 0.25) is 17.7 Å². The average Bonchev–Trinajstić information content (AvgIpc) is 3.41. The van der Waals surface area contributed by atoms with Gasteiger partial charge in [-0.2, -0.15) is 0 Å². The molecule has 4 atom stereocenters. The van der Waals surface area contributed by atoms with Gasteiger partial charge in [0.25, 0.3) is 5.91 Å². The molecule has 0 unspecified atom stereocenters. The number of fused-ring (bicyclic) bond motifs is 1. The number of carbonyl (C=O) groups excluding carboxylic acids is 4. The molecule has 1 heterocycles. The zero-order chi connectivity index (χ0) is 36.9. The molecule has 12 heteroatoms. The lowest BCUT2D eigenvalue weighted by Crippen LogP contribution is -2.57. The van der Waals surface area contributed by atoms with Crippen LogP contribution >= 0.6 is 0 Å². The fraction of sp³-hybridized carbons (Fsp3) is 0.300. The topological polar surface area (TPSA) is 198 Å². The molecule has 0 spiro atoms. The molecule has 1 aliphatic heterocycles. The first-order chi connectivity index (χ1) is 25.2. The second-order valence-electron chi connectivity index (χ2n) is 12.9. The fourth-order valence-corrected chi connectivity index (χ4v) is 6.04. The molecule has 0 fully saturated rings. The number of hydrogen-bond acceptors (Lipinski definition) is 8. The summed E-state index contributed by atoms with van der Waals surface area (Å²) in [6.07, 6.45) is 1.09. The number of amides is 4. The minimum atomic E-state index is -2.10. The summed E-state index contributed by atoms with van der Waals surface area (Å²) in [7, 11) is 0. The summed E-state index contributed by atoms with van der Waals surface area (Å²) < 4.78 is 5.85. The van der Waals surface area contributed by atoms with Gasteiger partial charge in [0, 0.05) is 24.2 Å². The largest absolute Gasteiger partial charge is 0.489 e. The third-order valence-electron chi connectivity index (χ3n) is 8.98. The van der Waals surface area contributed by atoms with Crippen molar-refractivity contribution < 1.29 is 29.0 Å². The second kappa shape index (κ2) is 18.1. The van der Waals surface area contributed by atoms with E-state index in [1.165, 1.54) is 0 Å². The predicted octanol–water partition coefficient (Wildman–Crippen LogP) is 2.78. The lowest BCUT2D eigenvalue weighted by Gasteiger charge is -2.29. The Bertz CT molecular complexity index is 1810. The minimum absolute atomic E-state index is 0.152. The molecule has 0 bridgehead atoms. The molecule has 4 aromatic carbocycles. The molecular weight excluding hydrogens is 660 g/mol. The van der Waals surface area contributed by atoms with Crippen molar-refractivity contribution in [2.24, 2.45) is 11.5 Å². The van der Waals surface area contributed by atoms with E-state index in [2.05, 4.69) is 21.3 Å². The van der Waals surface area contributed by atoms with Crippen molar-refractivity contribution >= 4 is 29.3 Å². The van der Waals surface area contributed by atoms with Gasteiger partial charge >= 0.3 is 0 Å². The van der Waals surface area contributed by atoms with Gasteiger partial charge in [-0.05, 0) is 67.1 Å². The van der Waals surface area contributed by atoms with Gasteiger partial charge in [-0.25, -0.2) is 0 Å². The Morgan fingerprint density at radius 2 is 1.38 bits per heavy atom. The monoisotopic (exact) mass is 706 g/mol. The van der Waals surface area contributed by atoms with E-state index < -0.39 is 53.8 Å². The van der Waals surface area contributed by atoms with Crippen molar-refractivity contribution in [1.82, 2.24) is 16.0 Å². The summed E-state index contributed by atoms with van der Waals surface area (Å²) in [6, 6.07) is 29.5. The number of carbonyl (C=O) groups is 4. The summed E-state index contributed by atoms with van der Waals surface area (Å²) >= 11 is 0. The van der Waals surface area contributed by atoms with Crippen molar-refractivity contribution in [1.29, 1.82) is 0 Å². The number of aliphatic hydroxyl groups is 1.